The van der Waals surface area contributed by atoms with Crippen LogP contribution in [0.2, 0.25) is 0 Å². The van der Waals surface area contributed by atoms with Crippen molar-refractivity contribution in [2.75, 3.05) is 50.6 Å². The molecule has 0 atom stereocenters. The first kappa shape index (κ1) is 20.7. The lowest BCUT2D eigenvalue weighted by Crippen LogP contribution is -2.27. The largest absolute Gasteiger partial charge is 0.491 e. The van der Waals surface area contributed by atoms with Crippen LogP contribution < -0.4 is 15.4 Å². The second-order valence-electron chi connectivity index (χ2n) is 6.85. The number of hydrogen-bond donors (Lipinski definition) is 2. The fourth-order valence-electron chi connectivity index (χ4n) is 3.13. The molecule has 7 nitrogen and oxygen atoms in total. The number of nitrogens with one attached hydrogen (secondary N) is 2. The third-order valence-electron chi connectivity index (χ3n) is 4.65. The summed E-state index contributed by atoms with van der Waals surface area (Å²) in [6.45, 7) is 2.75. The third kappa shape index (κ3) is 6.22. The lowest BCUT2D eigenvalue weighted by Gasteiger charge is -2.16. The number of anilines is 2. The number of carbonyl (C=O) groups is 2. The average Bonchev–Trinajstić information content (AvgIpc) is 3.28. The van der Waals surface area contributed by atoms with Gasteiger partial charge in [-0.25, -0.2) is 0 Å². The highest BCUT2D eigenvalue weighted by molar-refractivity contribution is 5.98. The molecule has 0 aromatic heterocycles. The van der Waals surface area contributed by atoms with Crippen LogP contribution in [0.1, 0.15) is 23.2 Å². The monoisotopic (exact) mass is 397 g/mol. The summed E-state index contributed by atoms with van der Waals surface area (Å²) in [6, 6.07) is 14.5. The van der Waals surface area contributed by atoms with Gasteiger partial charge in [0.05, 0.1) is 13.2 Å². The first-order chi connectivity index (χ1) is 14.2. The van der Waals surface area contributed by atoms with Crippen LogP contribution in [0.3, 0.4) is 0 Å². The number of amides is 2. The molecular formula is C22H27N3O4. The van der Waals surface area contributed by atoms with Gasteiger partial charge in [0, 0.05) is 37.1 Å². The van der Waals surface area contributed by atoms with Crippen LogP contribution >= 0.6 is 0 Å². The summed E-state index contributed by atoms with van der Waals surface area (Å²) in [5.41, 5.74) is 2.03. The van der Waals surface area contributed by atoms with Crippen LogP contribution in [-0.4, -0.2) is 56.7 Å². The van der Waals surface area contributed by atoms with E-state index < -0.39 is 0 Å². The molecule has 1 aliphatic rings. The molecule has 1 fully saturated rings. The van der Waals surface area contributed by atoms with Gasteiger partial charge < -0.3 is 25.0 Å². The van der Waals surface area contributed by atoms with Gasteiger partial charge in [0.25, 0.3) is 5.91 Å². The number of benzene rings is 2. The fraction of sp³-hybridized carbons (Fsp3) is 0.364. The molecule has 0 aliphatic carbocycles. The van der Waals surface area contributed by atoms with Crippen LogP contribution in [0.25, 0.3) is 0 Å². The van der Waals surface area contributed by atoms with E-state index in [9.17, 15) is 9.59 Å². The maximum atomic E-state index is 12.5. The zero-order valence-electron chi connectivity index (χ0n) is 16.6. The molecule has 1 aliphatic heterocycles. The third-order valence-corrected chi connectivity index (χ3v) is 4.65. The summed E-state index contributed by atoms with van der Waals surface area (Å²) < 4.78 is 10.5. The standard InChI is InChI=1S/C22H27N3O4/c1-28-13-14-29-20-9-7-18(8-10-20)23-16-21(26)24-19-6-4-5-17(15-19)22(27)25-11-2-3-12-25/h4-10,15,23H,2-3,11-14,16H2,1H3,(H,24,26). The molecular weight excluding hydrogens is 370 g/mol. The summed E-state index contributed by atoms with van der Waals surface area (Å²) >= 11 is 0. The quantitative estimate of drug-likeness (QED) is 0.636. The van der Waals surface area contributed by atoms with E-state index in [1.807, 2.05) is 29.2 Å². The predicted molar refractivity (Wildman–Crippen MR) is 113 cm³/mol. The summed E-state index contributed by atoms with van der Waals surface area (Å²) in [4.78, 5) is 26.6. The van der Waals surface area contributed by atoms with Crippen LogP contribution in [0.5, 0.6) is 5.75 Å². The number of likely N-dealkylation sites (tertiary alicyclic amines) is 1. The SMILES string of the molecule is COCCOc1ccc(NCC(=O)Nc2cccc(C(=O)N3CCCC3)c2)cc1. The molecule has 0 unspecified atom stereocenters. The van der Waals surface area contributed by atoms with Crippen LogP contribution in [0.4, 0.5) is 11.4 Å². The van der Waals surface area contributed by atoms with Gasteiger partial charge in [-0.15, -0.1) is 0 Å². The smallest absolute Gasteiger partial charge is 0.253 e. The van der Waals surface area contributed by atoms with Crippen molar-refractivity contribution in [2.45, 2.75) is 12.8 Å². The van der Waals surface area contributed by atoms with Crippen molar-refractivity contribution in [3.8, 4) is 5.75 Å². The number of ether oxygens (including phenoxy) is 2. The molecule has 29 heavy (non-hydrogen) atoms. The maximum Gasteiger partial charge on any atom is 0.253 e. The van der Waals surface area contributed by atoms with E-state index in [0.717, 1.165) is 37.4 Å². The lowest BCUT2D eigenvalue weighted by molar-refractivity contribution is -0.114. The second-order valence-corrected chi connectivity index (χ2v) is 6.85. The van der Waals surface area contributed by atoms with Crippen molar-refractivity contribution in [1.82, 2.24) is 4.90 Å². The van der Waals surface area contributed by atoms with Crippen LogP contribution in [0, 0.1) is 0 Å². The zero-order chi connectivity index (χ0) is 20.5. The highest BCUT2D eigenvalue weighted by Gasteiger charge is 2.19. The Morgan fingerprint density at radius 2 is 1.76 bits per heavy atom. The Bertz CT molecular complexity index is 817. The van der Waals surface area contributed by atoms with Gasteiger partial charge in [-0.05, 0) is 55.3 Å². The van der Waals surface area contributed by atoms with E-state index in [2.05, 4.69) is 10.6 Å². The molecule has 1 heterocycles. The molecule has 154 valence electrons. The topological polar surface area (TPSA) is 79.9 Å². The van der Waals surface area contributed by atoms with Gasteiger partial charge in [0.2, 0.25) is 5.91 Å². The molecule has 2 aromatic carbocycles. The van der Waals surface area contributed by atoms with E-state index >= 15 is 0 Å². The Morgan fingerprint density at radius 3 is 2.48 bits per heavy atom. The Kier molecular flexibility index (Phi) is 7.47. The summed E-state index contributed by atoms with van der Waals surface area (Å²) in [5, 5.41) is 5.91. The first-order valence-electron chi connectivity index (χ1n) is 9.80. The van der Waals surface area contributed by atoms with E-state index in [4.69, 9.17) is 9.47 Å². The second kappa shape index (κ2) is 10.5. The molecule has 0 saturated carbocycles. The number of methoxy groups -OCH3 is 1. The van der Waals surface area contributed by atoms with Gasteiger partial charge in [0.1, 0.15) is 12.4 Å². The molecule has 0 radical (unpaired) electrons. The number of rotatable bonds is 9. The van der Waals surface area contributed by atoms with E-state index in [0.29, 0.717) is 24.5 Å². The highest BCUT2D eigenvalue weighted by atomic mass is 16.5. The van der Waals surface area contributed by atoms with Gasteiger partial charge in [-0.2, -0.15) is 0 Å². The highest BCUT2D eigenvalue weighted by Crippen LogP contribution is 2.17. The fourth-order valence-corrected chi connectivity index (χ4v) is 3.13. The van der Waals surface area contributed by atoms with E-state index in [-0.39, 0.29) is 18.4 Å². The minimum atomic E-state index is -0.184. The van der Waals surface area contributed by atoms with Crippen LogP contribution in [-0.2, 0) is 9.53 Å². The predicted octanol–water partition coefficient (Wildman–Crippen LogP) is 3.00. The molecule has 2 amide bonds. The molecule has 2 aromatic rings. The Balaban J connectivity index is 1.48. The minimum absolute atomic E-state index is 0.0181. The Hall–Kier alpha value is -3.06. The molecule has 7 heteroatoms. The molecule has 3 rings (SSSR count). The minimum Gasteiger partial charge on any atom is -0.491 e. The van der Waals surface area contributed by atoms with Crippen molar-refractivity contribution in [3.05, 3.63) is 54.1 Å². The number of nitrogens with zero attached hydrogens (tertiary/aromatic N) is 1. The molecule has 1 saturated heterocycles. The Morgan fingerprint density at radius 1 is 1.00 bits per heavy atom. The number of hydrogen-bond acceptors (Lipinski definition) is 5. The maximum absolute atomic E-state index is 12.5. The van der Waals surface area contributed by atoms with E-state index in [1.165, 1.54) is 0 Å². The van der Waals surface area contributed by atoms with Crippen molar-refractivity contribution < 1.29 is 19.1 Å². The zero-order valence-corrected chi connectivity index (χ0v) is 16.6. The Labute approximate surface area is 171 Å². The summed E-state index contributed by atoms with van der Waals surface area (Å²) in [7, 11) is 1.63. The first-order valence-corrected chi connectivity index (χ1v) is 9.80. The number of carbonyl (C=O) groups excluding carboxylic acids is 2. The summed E-state index contributed by atoms with van der Waals surface area (Å²) in [6.07, 6.45) is 2.10. The lowest BCUT2D eigenvalue weighted by atomic mass is 10.1. The molecule has 0 spiro atoms. The van der Waals surface area contributed by atoms with Crippen LogP contribution in [0.15, 0.2) is 48.5 Å². The van der Waals surface area contributed by atoms with Gasteiger partial charge in [-0.3, -0.25) is 9.59 Å². The van der Waals surface area contributed by atoms with Gasteiger partial charge in [0.15, 0.2) is 0 Å². The van der Waals surface area contributed by atoms with Gasteiger partial charge >= 0.3 is 0 Å². The molecule has 0 bridgehead atoms. The van der Waals surface area contributed by atoms with Gasteiger partial charge in [-0.1, -0.05) is 6.07 Å². The molecule has 2 N–H and O–H groups in total. The average molecular weight is 397 g/mol. The normalized spacial score (nSPS) is 13.2. The van der Waals surface area contributed by atoms with Crippen molar-refractivity contribution in [3.63, 3.8) is 0 Å². The van der Waals surface area contributed by atoms with Crippen molar-refractivity contribution in [2.24, 2.45) is 0 Å². The summed E-state index contributed by atoms with van der Waals surface area (Å²) in [5.74, 6) is 0.581. The van der Waals surface area contributed by atoms with Crippen molar-refractivity contribution in [1.29, 1.82) is 0 Å². The van der Waals surface area contributed by atoms with Crippen molar-refractivity contribution >= 4 is 23.2 Å². The van der Waals surface area contributed by atoms with E-state index in [1.54, 1.807) is 31.4 Å².